The van der Waals surface area contributed by atoms with Crippen LogP contribution < -0.4 is 5.01 Å². The van der Waals surface area contributed by atoms with E-state index in [2.05, 4.69) is 15.0 Å². The molecule has 162 valence electrons. The van der Waals surface area contributed by atoms with Crippen molar-refractivity contribution in [1.82, 2.24) is 4.90 Å². The highest BCUT2D eigenvalue weighted by Crippen LogP contribution is 2.26. The molecule has 0 aliphatic carbocycles. The van der Waals surface area contributed by atoms with Gasteiger partial charge in [0.1, 0.15) is 11.7 Å². The highest BCUT2D eigenvalue weighted by atomic mass is 19.1. The lowest BCUT2D eigenvalue weighted by Gasteiger charge is -2.26. The average Bonchev–Trinajstić information content (AvgIpc) is 3.08. The first-order chi connectivity index (χ1) is 14.5. The summed E-state index contributed by atoms with van der Waals surface area (Å²) in [5.41, 5.74) is 1.42. The molecule has 0 spiro atoms. The number of aliphatic imine (C=N–C) groups is 1. The molecule has 1 fully saturated rings. The molecule has 2 aliphatic rings. The van der Waals surface area contributed by atoms with Gasteiger partial charge in [-0.05, 0) is 37.6 Å². The maximum Gasteiger partial charge on any atom is 0.311 e. The Morgan fingerprint density at radius 3 is 2.67 bits per heavy atom. The van der Waals surface area contributed by atoms with Crippen LogP contribution in [0.25, 0.3) is 0 Å². The van der Waals surface area contributed by atoms with E-state index in [1.807, 2.05) is 0 Å². The fraction of sp³-hybridized carbons (Fsp3) is 0.524. The monoisotopic (exact) mass is 418 g/mol. The number of carbonyl (C=O) groups is 2. The summed E-state index contributed by atoms with van der Waals surface area (Å²) in [7, 11) is 1.29. The number of anilines is 1. The molecule has 1 amide bonds. The third-order valence-electron chi connectivity index (χ3n) is 5.16. The quantitative estimate of drug-likeness (QED) is 0.366. The molecule has 0 N–H and O–H groups in total. The molecule has 1 atom stereocenters. The van der Waals surface area contributed by atoms with Crippen LogP contribution in [0.3, 0.4) is 0 Å². The number of hydrogen-bond donors (Lipinski definition) is 0. The zero-order valence-electron chi connectivity index (χ0n) is 17.3. The summed E-state index contributed by atoms with van der Waals surface area (Å²) in [5, 5.41) is 5.54. The highest BCUT2D eigenvalue weighted by Gasteiger charge is 2.39. The number of hydrogen-bond acceptors (Lipinski definition) is 7. The predicted octanol–water partition coefficient (Wildman–Crippen LogP) is 1.89. The van der Waals surface area contributed by atoms with Gasteiger partial charge in [0.05, 0.1) is 38.1 Å². The number of carbonyl (C=O) groups excluding carboxylic acids is 2. The molecule has 0 bridgehead atoms. The van der Waals surface area contributed by atoms with Crippen LogP contribution in [-0.2, 0) is 19.1 Å². The summed E-state index contributed by atoms with van der Waals surface area (Å²) in [6.07, 6.45) is 0.759. The van der Waals surface area contributed by atoms with Crippen molar-refractivity contribution >= 4 is 29.0 Å². The lowest BCUT2D eigenvalue weighted by atomic mass is 9.96. The summed E-state index contributed by atoms with van der Waals surface area (Å²) >= 11 is 0. The number of amides is 1. The molecule has 1 aromatic carbocycles. The van der Waals surface area contributed by atoms with E-state index in [0.717, 1.165) is 39.3 Å². The third-order valence-corrected chi connectivity index (χ3v) is 5.16. The lowest BCUT2D eigenvalue weighted by Crippen LogP contribution is -2.37. The van der Waals surface area contributed by atoms with Crippen molar-refractivity contribution in [3.8, 4) is 0 Å². The van der Waals surface area contributed by atoms with Crippen LogP contribution in [0.5, 0.6) is 0 Å². The van der Waals surface area contributed by atoms with Crippen molar-refractivity contribution < 1.29 is 23.5 Å². The Hall–Kier alpha value is -2.65. The fourth-order valence-corrected chi connectivity index (χ4v) is 3.51. The number of hydrazone groups is 1. The first-order valence-electron chi connectivity index (χ1n) is 10.0. The Balaban J connectivity index is 1.69. The Morgan fingerprint density at radius 2 is 2.00 bits per heavy atom. The second-order valence-electron chi connectivity index (χ2n) is 7.23. The van der Waals surface area contributed by atoms with E-state index in [1.54, 1.807) is 6.92 Å². The van der Waals surface area contributed by atoms with Gasteiger partial charge in [0.25, 0.3) is 5.91 Å². The van der Waals surface area contributed by atoms with Crippen LogP contribution in [-0.4, -0.2) is 74.7 Å². The molecular formula is C21H27FN4O4. The molecule has 2 aliphatic heterocycles. The van der Waals surface area contributed by atoms with E-state index in [4.69, 9.17) is 9.47 Å². The van der Waals surface area contributed by atoms with Gasteiger partial charge in [-0.1, -0.05) is 0 Å². The molecular weight excluding hydrogens is 391 g/mol. The second-order valence-corrected chi connectivity index (χ2v) is 7.23. The number of nitrogens with zero attached hydrogens (tertiary/aromatic N) is 4. The number of benzene rings is 1. The average molecular weight is 418 g/mol. The third kappa shape index (κ3) is 5.48. The van der Waals surface area contributed by atoms with Gasteiger partial charge in [0, 0.05) is 31.9 Å². The molecule has 9 heteroatoms. The number of halogens is 1. The predicted molar refractivity (Wildman–Crippen MR) is 111 cm³/mol. The van der Waals surface area contributed by atoms with Crippen LogP contribution in [0, 0.1) is 11.7 Å². The summed E-state index contributed by atoms with van der Waals surface area (Å²) in [5.74, 6) is -1.92. The largest absolute Gasteiger partial charge is 0.469 e. The van der Waals surface area contributed by atoms with E-state index >= 15 is 0 Å². The van der Waals surface area contributed by atoms with Crippen molar-refractivity contribution in [2.24, 2.45) is 16.0 Å². The second kappa shape index (κ2) is 10.4. The number of rotatable bonds is 8. The first-order valence-corrected chi connectivity index (χ1v) is 10.0. The molecule has 1 aromatic rings. The van der Waals surface area contributed by atoms with E-state index in [0.29, 0.717) is 23.7 Å². The Morgan fingerprint density at radius 1 is 1.30 bits per heavy atom. The van der Waals surface area contributed by atoms with Crippen LogP contribution in [0.1, 0.15) is 19.8 Å². The molecule has 1 saturated heterocycles. The van der Waals surface area contributed by atoms with E-state index in [1.165, 1.54) is 36.4 Å². The number of esters is 1. The van der Waals surface area contributed by atoms with Gasteiger partial charge < -0.3 is 9.47 Å². The van der Waals surface area contributed by atoms with Gasteiger partial charge in [0.15, 0.2) is 0 Å². The molecule has 8 nitrogen and oxygen atoms in total. The van der Waals surface area contributed by atoms with Crippen LogP contribution >= 0.6 is 0 Å². The van der Waals surface area contributed by atoms with E-state index in [9.17, 15) is 14.0 Å². The van der Waals surface area contributed by atoms with Crippen LogP contribution in [0.15, 0.2) is 34.4 Å². The maximum atomic E-state index is 13.2. The minimum Gasteiger partial charge on any atom is -0.469 e. The van der Waals surface area contributed by atoms with Gasteiger partial charge in [-0.25, -0.2) is 4.39 Å². The number of ether oxygens (including phenoxy) is 2. The zero-order chi connectivity index (χ0) is 21.5. The Labute approximate surface area is 175 Å². The van der Waals surface area contributed by atoms with Crippen molar-refractivity contribution in [1.29, 1.82) is 0 Å². The topological polar surface area (TPSA) is 83.8 Å². The molecule has 30 heavy (non-hydrogen) atoms. The van der Waals surface area contributed by atoms with Crippen molar-refractivity contribution in [3.05, 3.63) is 30.1 Å². The zero-order valence-corrected chi connectivity index (χ0v) is 17.3. The first kappa shape index (κ1) is 22.0. The lowest BCUT2D eigenvalue weighted by molar-refractivity contribution is -0.139. The smallest absolute Gasteiger partial charge is 0.311 e. The van der Waals surface area contributed by atoms with Crippen LogP contribution in [0.4, 0.5) is 10.1 Å². The maximum absolute atomic E-state index is 13.2. The van der Waals surface area contributed by atoms with Gasteiger partial charge in [0.2, 0.25) is 0 Å². The summed E-state index contributed by atoms with van der Waals surface area (Å²) in [4.78, 5) is 31.8. The number of morpholine rings is 1. The Kier molecular flexibility index (Phi) is 7.64. The normalized spacial score (nSPS) is 20.4. The Bertz CT molecular complexity index is 819. The number of methoxy groups -OCH3 is 1. The minimum absolute atomic E-state index is 0.106. The van der Waals surface area contributed by atoms with Gasteiger partial charge in [-0.15, -0.1) is 0 Å². The highest BCUT2D eigenvalue weighted by molar-refractivity contribution is 6.30. The van der Waals surface area contributed by atoms with Crippen molar-refractivity contribution in [2.75, 3.05) is 51.5 Å². The summed E-state index contributed by atoms with van der Waals surface area (Å²) in [6.45, 7) is 6.63. The molecule has 3 rings (SSSR count). The molecule has 0 aromatic heterocycles. The standard InChI is InChI=1S/C21H27FN4O4/c1-15(23-8-3-9-25-10-12-30-13-11-25)20-18(14-19(27)29-2)24-26(21(20)28)17-6-4-16(22)5-7-17/h4-7,20H,3,8-14H2,1-2H3. The van der Waals surface area contributed by atoms with E-state index < -0.39 is 17.7 Å². The van der Waals surface area contributed by atoms with Gasteiger partial charge >= 0.3 is 5.97 Å². The van der Waals surface area contributed by atoms with Crippen molar-refractivity contribution in [2.45, 2.75) is 19.8 Å². The van der Waals surface area contributed by atoms with Crippen LogP contribution in [0.2, 0.25) is 0 Å². The van der Waals surface area contributed by atoms with E-state index in [-0.39, 0.29) is 12.3 Å². The molecule has 0 radical (unpaired) electrons. The molecule has 1 unspecified atom stereocenters. The molecule has 2 heterocycles. The minimum atomic E-state index is -0.725. The molecule has 0 saturated carbocycles. The summed E-state index contributed by atoms with van der Waals surface area (Å²) < 4.78 is 23.3. The van der Waals surface area contributed by atoms with Crippen molar-refractivity contribution in [3.63, 3.8) is 0 Å². The fourth-order valence-electron chi connectivity index (χ4n) is 3.51. The summed E-state index contributed by atoms with van der Waals surface area (Å²) in [6, 6.07) is 5.48. The van der Waals surface area contributed by atoms with Gasteiger partial charge in [-0.3, -0.25) is 19.5 Å². The SMILES string of the molecule is COC(=O)CC1=NN(c2ccc(F)cc2)C(=O)C1C(C)=NCCCN1CCOCC1. The van der Waals surface area contributed by atoms with Gasteiger partial charge in [-0.2, -0.15) is 10.1 Å².